The Labute approximate surface area is 228 Å². The molecule has 0 fully saturated rings. The Bertz CT molecular complexity index is 1960. The number of fused-ring (bicyclic) bond motifs is 3. The Balaban J connectivity index is 1.57. The molecule has 0 saturated heterocycles. The predicted octanol–water partition coefficient (Wildman–Crippen LogP) is 3.71. The van der Waals surface area contributed by atoms with Crippen molar-refractivity contribution >= 4 is 46.8 Å². The lowest BCUT2D eigenvalue weighted by Gasteiger charge is -2.36. The van der Waals surface area contributed by atoms with Gasteiger partial charge in [-0.15, -0.1) is 0 Å². The first kappa shape index (κ1) is 22.8. The number of hydrogen-bond donors (Lipinski definition) is 2. The van der Waals surface area contributed by atoms with Crippen LogP contribution in [0.15, 0.2) is 72.6 Å². The minimum Gasteiger partial charge on any atom is -0.478 e. The summed E-state index contributed by atoms with van der Waals surface area (Å²) in [6.45, 7) is 0.748. The van der Waals surface area contributed by atoms with Gasteiger partial charge in [0, 0.05) is 58.6 Å². The molecule has 7 nitrogen and oxygen atoms in total. The molecule has 4 aliphatic heterocycles. The van der Waals surface area contributed by atoms with E-state index in [4.69, 9.17) is 4.74 Å². The van der Waals surface area contributed by atoms with Gasteiger partial charge in [0.1, 0.15) is 11.5 Å². The van der Waals surface area contributed by atoms with Crippen LogP contribution in [0, 0.1) is 0 Å². The van der Waals surface area contributed by atoms with Gasteiger partial charge in [-0.1, -0.05) is 24.3 Å². The molecule has 0 saturated carbocycles. The van der Waals surface area contributed by atoms with E-state index >= 15 is 0 Å². The van der Waals surface area contributed by atoms with Crippen LogP contribution in [0.1, 0.15) is 55.8 Å². The Morgan fingerprint density at radius 3 is 2.60 bits per heavy atom. The van der Waals surface area contributed by atoms with Gasteiger partial charge in [0.25, 0.3) is 0 Å². The zero-order valence-electron chi connectivity index (χ0n) is 21.3. The van der Waals surface area contributed by atoms with Crippen molar-refractivity contribution in [1.29, 1.82) is 0 Å². The van der Waals surface area contributed by atoms with Crippen LogP contribution in [-0.2, 0) is 6.42 Å². The van der Waals surface area contributed by atoms with Gasteiger partial charge in [-0.3, -0.25) is 0 Å². The van der Waals surface area contributed by atoms with Crippen LogP contribution >= 0.6 is 0 Å². The molecule has 0 radical (unpaired) electrons. The number of aromatic nitrogens is 1. The zero-order valence-corrected chi connectivity index (χ0v) is 21.3. The Kier molecular flexibility index (Phi) is 4.65. The molecule has 2 N–H and O–H groups in total. The third-order valence-electron chi connectivity index (χ3n) is 8.32. The molecule has 40 heavy (non-hydrogen) atoms. The van der Waals surface area contributed by atoms with Gasteiger partial charge in [0.15, 0.2) is 12.4 Å². The Morgan fingerprint density at radius 2 is 1.80 bits per heavy atom. The summed E-state index contributed by atoms with van der Waals surface area (Å²) in [5.41, 5.74) is 6.57. The van der Waals surface area contributed by atoms with Crippen molar-refractivity contribution in [2.75, 3.05) is 11.4 Å². The molecule has 0 atom stereocenters. The van der Waals surface area contributed by atoms with E-state index in [1.54, 1.807) is 0 Å². The highest BCUT2D eigenvalue weighted by Gasteiger charge is 2.38. The van der Waals surface area contributed by atoms with E-state index in [0.717, 1.165) is 51.5 Å². The number of anilines is 1. The molecule has 0 amide bonds. The van der Waals surface area contributed by atoms with E-state index in [9.17, 15) is 19.8 Å². The fourth-order valence-corrected chi connectivity index (χ4v) is 6.78. The Morgan fingerprint density at radius 1 is 0.975 bits per heavy atom. The standard InChI is InChI=1S/C33H22N2O5/c36-32(37)20-8-1-9-21(33(38)39)26(20)27-24-16-18-6-2-12-34-14-4-10-22(28(18)34)30(24)40-31-23-11-5-15-35-13-3-7-19(29(23)35)17-25(27)31/h1-6,8-9,11,13-16H,7,10,12,17H2,(H-,36,37,38,39)/p+1. The van der Waals surface area contributed by atoms with E-state index in [-0.39, 0.29) is 16.7 Å². The molecule has 0 unspecified atom stereocenters. The van der Waals surface area contributed by atoms with Gasteiger partial charge in [0.2, 0.25) is 5.35 Å². The molecular weight excluding hydrogens is 504 g/mol. The largest absolute Gasteiger partial charge is 0.478 e. The van der Waals surface area contributed by atoms with Crippen molar-refractivity contribution in [2.45, 2.75) is 19.3 Å². The average Bonchev–Trinajstić information content (AvgIpc) is 2.96. The summed E-state index contributed by atoms with van der Waals surface area (Å²) in [5.74, 6) is -1.02. The lowest BCUT2D eigenvalue weighted by molar-refractivity contribution is -0.585. The minimum atomic E-state index is -1.17. The van der Waals surface area contributed by atoms with E-state index in [1.165, 1.54) is 23.8 Å². The van der Waals surface area contributed by atoms with Crippen molar-refractivity contribution in [3.8, 4) is 5.75 Å². The number of benzene rings is 2. The second kappa shape index (κ2) is 8.16. The molecule has 5 aliphatic rings. The molecule has 2 aromatic carbocycles. The molecule has 0 bridgehead atoms. The number of allylic oxidation sites excluding steroid dienone is 2. The van der Waals surface area contributed by atoms with Gasteiger partial charge in [-0.25, -0.2) is 9.59 Å². The van der Waals surface area contributed by atoms with E-state index in [2.05, 4.69) is 40.0 Å². The highest BCUT2D eigenvalue weighted by Crippen LogP contribution is 2.52. The number of carbonyl (C=O) groups is 2. The van der Waals surface area contributed by atoms with Crippen molar-refractivity contribution in [2.24, 2.45) is 0 Å². The number of carboxylic acid groups (broad SMARTS) is 2. The van der Waals surface area contributed by atoms with Crippen LogP contribution in [0.2, 0.25) is 0 Å². The number of aromatic carboxylic acids is 2. The lowest BCUT2D eigenvalue weighted by Crippen LogP contribution is -2.57. The summed E-state index contributed by atoms with van der Waals surface area (Å²) in [4.78, 5) is 27.4. The molecule has 1 aliphatic carbocycles. The Hall–Kier alpha value is -5.17. The number of nitrogens with zero attached hydrogens (tertiary/aromatic N) is 2. The highest BCUT2D eigenvalue weighted by molar-refractivity contribution is 6.09. The zero-order chi connectivity index (χ0) is 27.1. The second-order valence-electron chi connectivity index (χ2n) is 10.5. The maximum absolute atomic E-state index is 12.6. The fourth-order valence-electron chi connectivity index (χ4n) is 6.78. The third kappa shape index (κ3) is 3.03. The average molecular weight is 528 g/mol. The van der Waals surface area contributed by atoms with E-state index in [1.807, 2.05) is 30.6 Å². The molecule has 1 aromatic heterocycles. The normalized spacial score (nSPS) is 17.1. The van der Waals surface area contributed by atoms with E-state index < -0.39 is 11.9 Å². The summed E-state index contributed by atoms with van der Waals surface area (Å²) in [5, 5.41) is 22.6. The number of carboxylic acids is 2. The van der Waals surface area contributed by atoms with Gasteiger partial charge in [0.05, 0.1) is 22.0 Å². The predicted molar refractivity (Wildman–Crippen MR) is 150 cm³/mol. The molecular formula is C33H23N2O5+. The van der Waals surface area contributed by atoms with Gasteiger partial charge in [-0.2, -0.15) is 4.57 Å². The summed E-state index contributed by atoms with van der Waals surface area (Å²) in [6.07, 6.45) is 16.4. The molecule has 194 valence electrons. The lowest BCUT2D eigenvalue weighted by atomic mass is 9.78. The first-order valence-electron chi connectivity index (χ1n) is 13.3. The van der Waals surface area contributed by atoms with Crippen LogP contribution in [0.3, 0.4) is 0 Å². The molecule has 3 aromatic rings. The van der Waals surface area contributed by atoms with Crippen LogP contribution in [0.4, 0.5) is 5.69 Å². The van der Waals surface area contributed by atoms with Gasteiger partial charge < -0.3 is 19.8 Å². The second-order valence-corrected chi connectivity index (χ2v) is 10.5. The van der Waals surface area contributed by atoms with Gasteiger partial charge in [-0.05, 0) is 48.7 Å². The summed E-state index contributed by atoms with van der Waals surface area (Å²) < 4.78 is 8.98. The first-order valence-corrected chi connectivity index (χ1v) is 13.3. The first-order chi connectivity index (χ1) is 19.5. The topological polar surface area (TPSA) is 90.9 Å². The quantitative estimate of drug-likeness (QED) is 0.505. The van der Waals surface area contributed by atoms with Crippen LogP contribution < -0.4 is 24.8 Å². The van der Waals surface area contributed by atoms with Crippen LogP contribution in [0.5, 0.6) is 5.75 Å². The molecule has 8 rings (SSSR count). The summed E-state index contributed by atoms with van der Waals surface area (Å²) in [6, 6.07) is 10.5. The monoisotopic (exact) mass is 527 g/mol. The highest BCUT2D eigenvalue weighted by atomic mass is 16.5. The van der Waals surface area contributed by atoms with Crippen molar-refractivity contribution in [3.63, 3.8) is 0 Å². The smallest absolute Gasteiger partial charge is 0.336 e. The molecule has 5 heterocycles. The number of pyridine rings is 1. The summed E-state index contributed by atoms with van der Waals surface area (Å²) >= 11 is 0. The van der Waals surface area contributed by atoms with Crippen molar-refractivity contribution in [1.82, 2.24) is 0 Å². The molecule has 7 heteroatoms. The van der Waals surface area contributed by atoms with Crippen LogP contribution in [-0.4, -0.2) is 28.7 Å². The fraction of sp³-hybridized carbons (Fsp3) is 0.121. The maximum atomic E-state index is 12.6. The number of hydrogen-bond acceptors (Lipinski definition) is 4. The maximum Gasteiger partial charge on any atom is 0.336 e. The van der Waals surface area contributed by atoms with Gasteiger partial charge >= 0.3 is 11.9 Å². The van der Waals surface area contributed by atoms with Crippen molar-refractivity contribution in [3.05, 3.63) is 117 Å². The molecule has 0 spiro atoms. The summed E-state index contributed by atoms with van der Waals surface area (Å²) in [7, 11) is 0. The minimum absolute atomic E-state index is 0.0412. The van der Waals surface area contributed by atoms with E-state index in [0.29, 0.717) is 29.9 Å². The number of ether oxygens (including phenoxy) is 1. The number of rotatable bonds is 3. The third-order valence-corrected chi connectivity index (χ3v) is 8.32. The van der Waals surface area contributed by atoms with Crippen LogP contribution in [0.25, 0.3) is 29.2 Å². The SMILES string of the molecule is O=C(O)c1cccc(C(=O)O)c1C1=C2CC3=c4c(ccc[n+]4C=CC3)=C2Oc2c1cc1c3c2CC=CN3CC=C1. The van der Waals surface area contributed by atoms with Crippen molar-refractivity contribution < 1.29 is 29.1 Å².